The lowest BCUT2D eigenvalue weighted by Gasteiger charge is -2.28. The fraction of sp³-hybridized carbons (Fsp3) is 0.929. The van der Waals surface area contributed by atoms with Crippen molar-refractivity contribution in [2.75, 3.05) is 13.1 Å². The molecule has 1 heterocycles. The minimum atomic E-state index is 0.910. The van der Waals surface area contributed by atoms with E-state index in [2.05, 4.69) is 17.2 Å². The van der Waals surface area contributed by atoms with Crippen molar-refractivity contribution in [2.45, 2.75) is 58.3 Å². The molecule has 0 radical (unpaired) electrons. The maximum Gasteiger partial charge on any atom is 0.0963 e. The summed E-state index contributed by atoms with van der Waals surface area (Å²) in [6, 6.07) is 0. The van der Waals surface area contributed by atoms with Gasteiger partial charge in [0.2, 0.25) is 0 Å². The SMILES string of the molecule is CCC1CCC(CNC2=NCCCC2)CC1. The highest BCUT2D eigenvalue weighted by molar-refractivity contribution is 5.82. The standard InChI is InChI=1S/C14H26N2/c1-2-12-6-8-13(9-7-12)11-16-14-5-3-4-10-15-14/h12-13H,2-11H2,1H3,(H,15,16). The molecule has 0 saturated heterocycles. The Morgan fingerprint density at radius 3 is 2.50 bits per heavy atom. The molecule has 92 valence electrons. The van der Waals surface area contributed by atoms with Crippen LogP contribution in [0.2, 0.25) is 0 Å². The van der Waals surface area contributed by atoms with Gasteiger partial charge in [0, 0.05) is 19.5 Å². The largest absolute Gasteiger partial charge is 0.374 e. The van der Waals surface area contributed by atoms with Crippen LogP contribution in [0.3, 0.4) is 0 Å². The Labute approximate surface area is 99.9 Å². The van der Waals surface area contributed by atoms with Gasteiger partial charge < -0.3 is 5.32 Å². The number of amidine groups is 1. The first-order valence-corrected chi connectivity index (χ1v) is 7.15. The highest BCUT2D eigenvalue weighted by Gasteiger charge is 2.20. The van der Waals surface area contributed by atoms with Gasteiger partial charge in [-0.2, -0.15) is 0 Å². The van der Waals surface area contributed by atoms with Crippen molar-refractivity contribution in [3.8, 4) is 0 Å². The van der Waals surface area contributed by atoms with Crippen molar-refractivity contribution in [1.82, 2.24) is 5.32 Å². The number of hydrogen-bond acceptors (Lipinski definition) is 2. The molecule has 0 aromatic heterocycles. The number of nitrogens with one attached hydrogen (secondary N) is 1. The molecular formula is C14H26N2. The maximum absolute atomic E-state index is 4.55. The highest BCUT2D eigenvalue weighted by atomic mass is 15.0. The molecule has 0 amide bonds. The number of hydrogen-bond donors (Lipinski definition) is 1. The van der Waals surface area contributed by atoms with Crippen molar-refractivity contribution in [3.05, 3.63) is 0 Å². The van der Waals surface area contributed by atoms with Gasteiger partial charge >= 0.3 is 0 Å². The zero-order valence-electron chi connectivity index (χ0n) is 10.7. The van der Waals surface area contributed by atoms with E-state index < -0.39 is 0 Å². The van der Waals surface area contributed by atoms with Crippen molar-refractivity contribution >= 4 is 5.84 Å². The molecule has 1 aliphatic carbocycles. The van der Waals surface area contributed by atoms with E-state index in [1.54, 1.807) is 0 Å². The van der Waals surface area contributed by atoms with Gasteiger partial charge in [-0.05, 0) is 37.5 Å². The first-order valence-electron chi connectivity index (χ1n) is 7.15. The minimum absolute atomic E-state index is 0.910. The smallest absolute Gasteiger partial charge is 0.0963 e. The van der Waals surface area contributed by atoms with E-state index in [1.807, 2.05) is 0 Å². The zero-order chi connectivity index (χ0) is 11.2. The van der Waals surface area contributed by atoms with Crippen molar-refractivity contribution in [3.63, 3.8) is 0 Å². The molecule has 1 fully saturated rings. The number of aliphatic imine (C=N–C) groups is 1. The van der Waals surface area contributed by atoms with Crippen LogP contribution in [-0.2, 0) is 0 Å². The molecule has 2 nitrogen and oxygen atoms in total. The Balaban J connectivity index is 1.65. The van der Waals surface area contributed by atoms with Gasteiger partial charge in [0.05, 0.1) is 5.84 Å². The second-order valence-corrected chi connectivity index (χ2v) is 5.46. The lowest BCUT2D eigenvalue weighted by Crippen LogP contribution is -2.32. The fourth-order valence-corrected chi connectivity index (χ4v) is 2.95. The summed E-state index contributed by atoms with van der Waals surface area (Å²) in [4.78, 5) is 4.55. The summed E-state index contributed by atoms with van der Waals surface area (Å²) in [5.41, 5.74) is 0. The second-order valence-electron chi connectivity index (χ2n) is 5.46. The van der Waals surface area contributed by atoms with Crippen LogP contribution in [-0.4, -0.2) is 18.9 Å². The van der Waals surface area contributed by atoms with Gasteiger partial charge in [0.1, 0.15) is 0 Å². The van der Waals surface area contributed by atoms with E-state index in [9.17, 15) is 0 Å². The molecule has 2 aliphatic rings. The van der Waals surface area contributed by atoms with Crippen LogP contribution < -0.4 is 5.32 Å². The highest BCUT2D eigenvalue weighted by Crippen LogP contribution is 2.30. The Bertz CT molecular complexity index is 227. The predicted molar refractivity (Wildman–Crippen MR) is 69.9 cm³/mol. The van der Waals surface area contributed by atoms with Crippen LogP contribution in [0.25, 0.3) is 0 Å². The van der Waals surface area contributed by atoms with Gasteiger partial charge in [0.15, 0.2) is 0 Å². The first kappa shape index (κ1) is 11.9. The van der Waals surface area contributed by atoms with Crippen LogP contribution in [0.1, 0.15) is 58.3 Å². The summed E-state index contributed by atoms with van der Waals surface area (Å²) in [6.07, 6.45) is 10.9. The average Bonchev–Trinajstić information content (AvgIpc) is 2.38. The van der Waals surface area contributed by atoms with E-state index >= 15 is 0 Å². The summed E-state index contributed by atoms with van der Waals surface area (Å²) < 4.78 is 0. The zero-order valence-corrected chi connectivity index (χ0v) is 10.7. The molecule has 2 heteroatoms. The molecule has 1 N–H and O–H groups in total. The lowest BCUT2D eigenvalue weighted by atomic mass is 9.81. The predicted octanol–water partition coefficient (Wildman–Crippen LogP) is 3.37. The third-order valence-corrected chi connectivity index (χ3v) is 4.26. The van der Waals surface area contributed by atoms with Gasteiger partial charge in [-0.25, -0.2) is 0 Å². The molecule has 0 bridgehead atoms. The molecule has 1 saturated carbocycles. The monoisotopic (exact) mass is 222 g/mol. The maximum atomic E-state index is 4.55. The molecule has 0 aromatic rings. The van der Waals surface area contributed by atoms with E-state index in [-0.39, 0.29) is 0 Å². The van der Waals surface area contributed by atoms with Gasteiger partial charge in [0.25, 0.3) is 0 Å². The van der Waals surface area contributed by atoms with E-state index in [0.717, 1.165) is 18.4 Å². The fourth-order valence-electron chi connectivity index (χ4n) is 2.95. The van der Waals surface area contributed by atoms with Gasteiger partial charge in [-0.15, -0.1) is 0 Å². The van der Waals surface area contributed by atoms with Crippen LogP contribution in [0, 0.1) is 11.8 Å². The summed E-state index contributed by atoms with van der Waals surface area (Å²) in [7, 11) is 0. The Morgan fingerprint density at radius 2 is 1.88 bits per heavy atom. The quantitative estimate of drug-likeness (QED) is 0.778. The van der Waals surface area contributed by atoms with Gasteiger partial charge in [-0.1, -0.05) is 26.2 Å². The van der Waals surface area contributed by atoms with Crippen LogP contribution in [0.15, 0.2) is 4.99 Å². The third-order valence-electron chi connectivity index (χ3n) is 4.26. The molecule has 0 unspecified atom stereocenters. The Morgan fingerprint density at radius 1 is 1.12 bits per heavy atom. The minimum Gasteiger partial charge on any atom is -0.374 e. The number of nitrogens with zero attached hydrogens (tertiary/aromatic N) is 1. The number of rotatable bonds is 3. The summed E-state index contributed by atoms with van der Waals surface area (Å²) in [5.74, 6) is 3.21. The first-order chi connectivity index (χ1) is 7.88. The van der Waals surface area contributed by atoms with Gasteiger partial charge in [-0.3, -0.25) is 4.99 Å². The molecule has 0 aromatic carbocycles. The molecule has 0 spiro atoms. The normalized spacial score (nSPS) is 30.9. The van der Waals surface area contributed by atoms with E-state index in [0.29, 0.717) is 0 Å². The van der Waals surface area contributed by atoms with Crippen molar-refractivity contribution < 1.29 is 0 Å². The molecule has 16 heavy (non-hydrogen) atoms. The summed E-state index contributed by atoms with van der Waals surface area (Å²) >= 11 is 0. The van der Waals surface area contributed by atoms with E-state index in [1.165, 1.54) is 63.7 Å². The van der Waals surface area contributed by atoms with Crippen LogP contribution in [0.4, 0.5) is 0 Å². The molecular weight excluding hydrogens is 196 g/mol. The summed E-state index contributed by atoms with van der Waals surface area (Å²) in [5, 5.41) is 3.57. The van der Waals surface area contributed by atoms with E-state index in [4.69, 9.17) is 0 Å². The molecule has 0 atom stereocenters. The Kier molecular flexibility index (Phi) is 4.68. The van der Waals surface area contributed by atoms with Crippen LogP contribution >= 0.6 is 0 Å². The summed E-state index contributed by atoms with van der Waals surface area (Å²) in [6.45, 7) is 4.56. The molecule has 1 aliphatic heterocycles. The third kappa shape index (κ3) is 3.50. The lowest BCUT2D eigenvalue weighted by molar-refractivity contribution is 0.269. The van der Waals surface area contributed by atoms with Crippen LogP contribution in [0.5, 0.6) is 0 Å². The van der Waals surface area contributed by atoms with Crippen molar-refractivity contribution in [1.29, 1.82) is 0 Å². The van der Waals surface area contributed by atoms with Crippen molar-refractivity contribution in [2.24, 2.45) is 16.8 Å². The topological polar surface area (TPSA) is 24.4 Å². The second kappa shape index (κ2) is 6.27. The average molecular weight is 222 g/mol. The molecule has 2 rings (SSSR count). The Hall–Kier alpha value is -0.530.